The van der Waals surface area contributed by atoms with Crippen LogP contribution >= 0.6 is 0 Å². The fraction of sp³-hybridized carbons (Fsp3) is 0.100. The summed E-state index contributed by atoms with van der Waals surface area (Å²) in [5, 5.41) is 8.86. The van der Waals surface area contributed by atoms with Gasteiger partial charge in [-0.1, -0.05) is 0 Å². The first-order valence-corrected chi connectivity index (χ1v) is 4.13. The van der Waals surface area contributed by atoms with E-state index < -0.39 is 0 Å². The zero-order chi connectivity index (χ0) is 9.97. The number of hydrogen-bond donors (Lipinski definition) is 0. The Morgan fingerprint density at radius 2 is 2.36 bits per heavy atom. The van der Waals surface area contributed by atoms with Crippen LogP contribution in [-0.2, 0) is 7.05 Å². The molecule has 68 valence electrons. The summed E-state index contributed by atoms with van der Waals surface area (Å²) < 4.78 is 1.84. The van der Waals surface area contributed by atoms with Crippen LogP contribution in [0.25, 0.3) is 11.3 Å². The Balaban J connectivity index is 2.57. The predicted molar refractivity (Wildman–Crippen MR) is 51.2 cm³/mol. The summed E-state index contributed by atoms with van der Waals surface area (Å²) in [5.74, 6) is 0. The molecule has 0 amide bonds. The second-order valence-corrected chi connectivity index (χ2v) is 2.96. The van der Waals surface area contributed by atoms with Gasteiger partial charge in [0.1, 0.15) is 6.07 Å². The summed E-state index contributed by atoms with van der Waals surface area (Å²) in [6.45, 7) is 0. The number of hydrogen-bond acceptors (Lipinski definition) is 3. The van der Waals surface area contributed by atoms with Crippen LogP contribution in [0.15, 0.2) is 31.0 Å². The third-order valence-electron chi connectivity index (χ3n) is 1.92. The lowest BCUT2D eigenvalue weighted by Gasteiger charge is -1.97. The second kappa shape index (κ2) is 3.30. The van der Waals surface area contributed by atoms with E-state index in [1.54, 1.807) is 24.8 Å². The SMILES string of the molecule is Cn1cnc(-c2ccncc2C#N)c1. The van der Waals surface area contributed by atoms with E-state index in [2.05, 4.69) is 16.0 Å². The first-order chi connectivity index (χ1) is 6.81. The minimum atomic E-state index is 0.547. The van der Waals surface area contributed by atoms with E-state index in [1.165, 1.54) is 0 Å². The van der Waals surface area contributed by atoms with Crippen molar-refractivity contribution in [2.24, 2.45) is 7.05 Å². The molecule has 0 saturated heterocycles. The van der Waals surface area contributed by atoms with E-state index in [1.807, 2.05) is 17.8 Å². The Kier molecular flexibility index (Phi) is 1.99. The quantitative estimate of drug-likeness (QED) is 0.672. The van der Waals surface area contributed by atoms with Gasteiger partial charge in [-0.2, -0.15) is 5.26 Å². The number of nitrogens with zero attached hydrogens (tertiary/aromatic N) is 4. The molecule has 2 aromatic heterocycles. The normalized spacial score (nSPS) is 9.71. The molecule has 14 heavy (non-hydrogen) atoms. The molecule has 4 nitrogen and oxygen atoms in total. The fourth-order valence-corrected chi connectivity index (χ4v) is 1.26. The second-order valence-electron chi connectivity index (χ2n) is 2.96. The minimum absolute atomic E-state index is 0.547. The van der Waals surface area contributed by atoms with Gasteiger partial charge >= 0.3 is 0 Å². The van der Waals surface area contributed by atoms with Gasteiger partial charge in [-0.05, 0) is 6.07 Å². The molecule has 0 fully saturated rings. The summed E-state index contributed by atoms with van der Waals surface area (Å²) in [4.78, 5) is 8.07. The molecule has 2 heterocycles. The van der Waals surface area contributed by atoms with Crippen LogP contribution in [0.3, 0.4) is 0 Å². The van der Waals surface area contributed by atoms with E-state index in [0.717, 1.165) is 11.3 Å². The average molecular weight is 184 g/mol. The van der Waals surface area contributed by atoms with Crippen molar-refractivity contribution in [2.45, 2.75) is 0 Å². The van der Waals surface area contributed by atoms with Crippen molar-refractivity contribution in [2.75, 3.05) is 0 Å². The molecular formula is C10H8N4. The van der Waals surface area contributed by atoms with Gasteiger partial charge in [-0.25, -0.2) is 4.98 Å². The molecule has 0 aromatic carbocycles. The number of aryl methyl sites for hydroxylation is 1. The molecule has 0 aliphatic heterocycles. The first-order valence-electron chi connectivity index (χ1n) is 4.13. The molecule has 0 saturated carbocycles. The van der Waals surface area contributed by atoms with Gasteiger partial charge in [0.05, 0.1) is 17.6 Å². The number of imidazole rings is 1. The van der Waals surface area contributed by atoms with Crippen LogP contribution in [0.2, 0.25) is 0 Å². The van der Waals surface area contributed by atoms with E-state index in [9.17, 15) is 0 Å². The maximum absolute atomic E-state index is 8.86. The molecule has 0 bridgehead atoms. The minimum Gasteiger partial charge on any atom is -0.340 e. The van der Waals surface area contributed by atoms with Gasteiger partial charge in [0.2, 0.25) is 0 Å². The van der Waals surface area contributed by atoms with Gasteiger partial charge in [0, 0.05) is 31.2 Å². The van der Waals surface area contributed by atoms with Crippen LogP contribution in [0.4, 0.5) is 0 Å². The van der Waals surface area contributed by atoms with Crippen LogP contribution < -0.4 is 0 Å². The van der Waals surface area contributed by atoms with Crippen molar-refractivity contribution in [1.29, 1.82) is 5.26 Å². The highest BCUT2D eigenvalue weighted by Gasteiger charge is 2.06. The maximum Gasteiger partial charge on any atom is 0.101 e. The van der Waals surface area contributed by atoms with Crippen molar-refractivity contribution in [3.8, 4) is 17.3 Å². The Morgan fingerprint density at radius 1 is 1.50 bits per heavy atom. The molecule has 2 aromatic rings. The lowest BCUT2D eigenvalue weighted by molar-refractivity contribution is 0.913. The number of rotatable bonds is 1. The standard InChI is InChI=1S/C10H8N4/c1-14-6-10(13-7-14)9-2-3-12-5-8(9)4-11/h2-3,5-7H,1H3. The maximum atomic E-state index is 8.86. The molecule has 0 aliphatic carbocycles. The summed E-state index contributed by atoms with van der Waals surface area (Å²) in [5.41, 5.74) is 2.17. The third kappa shape index (κ3) is 1.36. The number of aromatic nitrogens is 3. The molecule has 0 unspecified atom stereocenters. The summed E-state index contributed by atoms with van der Waals surface area (Å²) in [6.07, 6.45) is 6.78. The molecule has 0 spiro atoms. The highest BCUT2D eigenvalue weighted by Crippen LogP contribution is 2.19. The van der Waals surface area contributed by atoms with Crippen LogP contribution in [0, 0.1) is 11.3 Å². The van der Waals surface area contributed by atoms with Gasteiger partial charge in [0.15, 0.2) is 0 Å². The molecule has 0 radical (unpaired) electrons. The number of pyridine rings is 1. The molecular weight excluding hydrogens is 176 g/mol. The Hall–Kier alpha value is -2.15. The first kappa shape index (κ1) is 8.45. The van der Waals surface area contributed by atoms with Gasteiger partial charge in [-0.3, -0.25) is 4.98 Å². The molecule has 4 heteroatoms. The molecule has 0 N–H and O–H groups in total. The van der Waals surface area contributed by atoms with E-state index in [-0.39, 0.29) is 0 Å². The zero-order valence-electron chi connectivity index (χ0n) is 7.68. The summed E-state index contributed by atoms with van der Waals surface area (Å²) >= 11 is 0. The topological polar surface area (TPSA) is 54.5 Å². The van der Waals surface area contributed by atoms with Crippen LogP contribution in [-0.4, -0.2) is 14.5 Å². The molecule has 0 aliphatic rings. The highest BCUT2D eigenvalue weighted by molar-refractivity contribution is 5.65. The monoisotopic (exact) mass is 184 g/mol. The van der Waals surface area contributed by atoms with E-state index in [0.29, 0.717) is 5.56 Å². The van der Waals surface area contributed by atoms with E-state index in [4.69, 9.17) is 5.26 Å². The average Bonchev–Trinajstić information content (AvgIpc) is 2.65. The number of nitriles is 1. The van der Waals surface area contributed by atoms with E-state index >= 15 is 0 Å². The van der Waals surface area contributed by atoms with Crippen molar-refractivity contribution in [3.05, 3.63) is 36.5 Å². The van der Waals surface area contributed by atoms with Gasteiger partial charge in [-0.15, -0.1) is 0 Å². The summed E-state index contributed by atoms with van der Waals surface area (Å²) in [7, 11) is 1.89. The van der Waals surface area contributed by atoms with Crippen LogP contribution in [0.5, 0.6) is 0 Å². The molecule has 0 atom stereocenters. The van der Waals surface area contributed by atoms with Gasteiger partial charge < -0.3 is 4.57 Å². The van der Waals surface area contributed by atoms with Crippen molar-refractivity contribution >= 4 is 0 Å². The van der Waals surface area contributed by atoms with Crippen molar-refractivity contribution < 1.29 is 0 Å². The highest BCUT2D eigenvalue weighted by atomic mass is 15.0. The zero-order valence-corrected chi connectivity index (χ0v) is 7.68. The Bertz CT molecular complexity index is 493. The Morgan fingerprint density at radius 3 is 3.00 bits per heavy atom. The Labute approximate surface area is 81.5 Å². The smallest absolute Gasteiger partial charge is 0.101 e. The fourth-order valence-electron chi connectivity index (χ4n) is 1.26. The molecule has 2 rings (SSSR count). The lowest BCUT2D eigenvalue weighted by Crippen LogP contribution is -1.85. The van der Waals surface area contributed by atoms with Crippen molar-refractivity contribution in [3.63, 3.8) is 0 Å². The lowest BCUT2D eigenvalue weighted by atomic mass is 10.1. The van der Waals surface area contributed by atoms with Gasteiger partial charge in [0.25, 0.3) is 0 Å². The van der Waals surface area contributed by atoms with Crippen molar-refractivity contribution in [1.82, 2.24) is 14.5 Å². The largest absolute Gasteiger partial charge is 0.340 e. The predicted octanol–water partition coefficient (Wildman–Crippen LogP) is 1.35. The third-order valence-corrected chi connectivity index (χ3v) is 1.92. The summed E-state index contributed by atoms with van der Waals surface area (Å²) in [6, 6.07) is 3.88. The van der Waals surface area contributed by atoms with Crippen LogP contribution in [0.1, 0.15) is 5.56 Å².